The monoisotopic (exact) mass is 568 g/mol. The van der Waals surface area contributed by atoms with Crippen LogP contribution < -0.4 is 4.74 Å². The summed E-state index contributed by atoms with van der Waals surface area (Å²) in [6, 6.07) is 16.6. The highest BCUT2D eigenvalue weighted by molar-refractivity contribution is 5.70. The fraction of sp³-hybridized carbons (Fsp3) is 0.457. The van der Waals surface area contributed by atoms with Crippen molar-refractivity contribution in [3.63, 3.8) is 0 Å². The van der Waals surface area contributed by atoms with Crippen LogP contribution in [-0.4, -0.2) is 11.1 Å². The first-order chi connectivity index (χ1) is 19.6. The number of aryl methyl sites for hydroxylation is 1. The Morgan fingerprint density at radius 3 is 2.29 bits per heavy atom. The van der Waals surface area contributed by atoms with Gasteiger partial charge in [0.25, 0.3) is 6.43 Å². The first-order valence-corrected chi connectivity index (χ1v) is 14.8. The Bertz CT molecular complexity index is 1280. The van der Waals surface area contributed by atoms with Gasteiger partial charge in [0.15, 0.2) is 0 Å². The number of rotatable bonds is 9. The van der Waals surface area contributed by atoms with Crippen molar-refractivity contribution in [2.75, 3.05) is 0 Å². The molecular weight excluding hydrogens is 525 g/mol. The lowest BCUT2D eigenvalue weighted by Gasteiger charge is -2.30. The maximum atomic E-state index is 14.9. The third-order valence-electron chi connectivity index (χ3n) is 7.57. The number of carboxylic acids is 1. The molecule has 0 aromatic heterocycles. The number of carboxylic acid groups (broad SMARTS) is 1. The van der Waals surface area contributed by atoms with Gasteiger partial charge in [-0.25, -0.2) is 13.2 Å². The van der Waals surface area contributed by atoms with Gasteiger partial charge < -0.3 is 9.84 Å². The normalized spacial score (nSPS) is 16.7. The second-order valence-corrected chi connectivity index (χ2v) is 11.3. The zero-order valence-electron chi connectivity index (χ0n) is 24.7. The van der Waals surface area contributed by atoms with Crippen LogP contribution in [0.4, 0.5) is 13.2 Å². The average Bonchev–Trinajstić information content (AvgIpc) is 3.80. The third kappa shape index (κ3) is 9.37. The van der Waals surface area contributed by atoms with Gasteiger partial charge in [0, 0.05) is 17.5 Å². The highest BCUT2D eigenvalue weighted by Crippen LogP contribution is 2.51. The number of hydrogen-bond acceptors (Lipinski definition) is 2. The van der Waals surface area contributed by atoms with Crippen LogP contribution >= 0.6 is 0 Å². The minimum Gasteiger partial charge on any atom is -0.489 e. The molecule has 2 fully saturated rings. The van der Waals surface area contributed by atoms with Gasteiger partial charge in [-0.05, 0) is 77.1 Å². The van der Waals surface area contributed by atoms with Crippen LogP contribution in [0.5, 0.6) is 5.75 Å². The van der Waals surface area contributed by atoms with Gasteiger partial charge >= 0.3 is 5.97 Å². The van der Waals surface area contributed by atoms with E-state index >= 15 is 0 Å². The van der Waals surface area contributed by atoms with Gasteiger partial charge in [-0.2, -0.15) is 0 Å². The molecule has 6 heteroatoms. The summed E-state index contributed by atoms with van der Waals surface area (Å²) in [5.74, 6) is -0.556. The molecule has 0 radical (unpaired) electrons. The van der Waals surface area contributed by atoms with E-state index in [1.807, 2.05) is 56.3 Å². The Morgan fingerprint density at radius 1 is 0.951 bits per heavy atom. The Morgan fingerprint density at radius 2 is 1.68 bits per heavy atom. The van der Waals surface area contributed by atoms with Crippen molar-refractivity contribution in [1.29, 1.82) is 0 Å². The van der Waals surface area contributed by atoms with Crippen molar-refractivity contribution < 1.29 is 27.8 Å². The fourth-order valence-electron chi connectivity index (χ4n) is 5.23. The molecule has 3 aromatic rings. The molecule has 0 bridgehead atoms. The quantitative estimate of drug-likeness (QED) is 0.279. The molecule has 41 heavy (non-hydrogen) atoms. The van der Waals surface area contributed by atoms with E-state index in [0.717, 1.165) is 48.1 Å². The predicted molar refractivity (Wildman–Crippen MR) is 159 cm³/mol. The molecule has 1 N–H and O–H groups in total. The lowest BCUT2D eigenvalue weighted by Crippen LogP contribution is -2.17. The van der Waals surface area contributed by atoms with Crippen LogP contribution in [0.15, 0.2) is 60.7 Å². The number of halogens is 3. The summed E-state index contributed by atoms with van der Waals surface area (Å²) in [7, 11) is 0. The lowest BCUT2D eigenvalue weighted by atomic mass is 9.75. The smallest absolute Gasteiger partial charge is 0.303 e. The van der Waals surface area contributed by atoms with Crippen LogP contribution in [0.25, 0.3) is 11.1 Å². The highest BCUT2D eigenvalue weighted by atomic mass is 19.3. The standard InChI is InChI=1S/C30H31F3O3.C3H6.C2H6/c1-30(2)14-4-7-26(30)24-16-20(18-36-22-6-3-5-19(15-22)9-13-28(34)35)8-11-23(24)25-17-21(29(32)33)10-12-27(25)31;1-2-3-1;1-2/h3,5-6,8,10-12,15-17,26,29H,4,7,9,13-14,18H2,1-2H3,(H,34,35);1-3H2;1-2H3. The Hall–Kier alpha value is -3.28. The van der Waals surface area contributed by atoms with Gasteiger partial charge in [0.05, 0.1) is 0 Å². The van der Waals surface area contributed by atoms with E-state index in [2.05, 4.69) is 13.8 Å². The van der Waals surface area contributed by atoms with Crippen LogP contribution in [-0.2, 0) is 17.8 Å². The molecular formula is C35H43F3O3. The van der Waals surface area contributed by atoms with E-state index in [1.165, 1.54) is 25.3 Å². The molecule has 3 nitrogen and oxygen atoms in total. The lowest BCUT2D eigenvalue weighted by molar-refractivity contribution is -0.136. The van der Waals surface area contributed by atoms with Gasteiger partial charge in [-0.15, -0.1) is 0 Å². The van der Waals surface area contributed by atoms with Crippen molar-refractivity contribution in [2.24, 2.45) is 5.41 Å². The molecule has 1 unspecified atom stereocenters. The van der Waals surface area contributed by atoms with Crippen molar-refractivity contribution in [3.05, 3.63) is 88.7 Å². The first kappa shape index (κ1) is 32.2. The van der Waals surface area contributed by atoms with Crippen LogP contribution in [0.3, 0.4) is 0 Å². The van der Waals surface area contributed by atoms with E-state index in [1.54, 1.807) is 0 Å². The molecule has 1 atom stereocenters. The minimum atomic E-state index is -2.67. The van der Waals surface area contributed by atoms with E-state index in [-0.39, 0.29) is 35.5 Å². The van der Waals surface area contributed by atoms with Crippen LogP contribution in [0, 0.1) is 11.2 Å². The van der Waals surface area contributed by atoms with Crippen molar-refractivity contribution >= 4 is 5.97 Å². The number of carbonyl (C=O) groups is 1. The second kappa shape index (κ2) is 15.1. The predicted octanol–water partition coefficient (Wildman–Crippen LogP) is 10.5. The largest absolute Gasteiger partial charge is 0.489 e. The molecule has 2 aliphatic carbocycles. The molecule has 0 saturated heterocycles. The SMILES string of the molecule is C1CC1.CC.CC1(C)CCCC1c1cc(COc2cccc(CCC(=O)O)c2)ccc1-c1cc(C(F)F)ccc1F. The maximum Gasteiger partial charge on any atom is 0.303 e. The van der Waals surface area contributed by atoms with E-state index in [4.69, 9.17) is 9.84 Å². The molecule has 0 aliphatic heterocycles. The molecule has 222 valence electrons. The fourth-order valence-corrected chi connectivity index (χ4v) is 5.23. The summed E-state index contributed by atoms with van der Waals surface area (Å²) in [4.78, 5) is 10.9. The topological polar surface area (TPSA) is 46.5 Å². The Labute approximate surface area is 242 Å². The van der Waals surface area contributed by atoms with E-state index < -0.39 is 18.2 Å². The number of alkyl halides is 2. The number of ether oxygens (including phenoxy) is 1. The summed E-state index contributed by atoms with van der Waals surface area (Å²) in [6.07, 6.45) is 5.35. The summed E-state index contributed by atoms with van der Waals surface area (Å²) in [5.41, 5.74) is 3.39. The molecule has 2 aliphatic rings. The Kier molecular flexibility index (Phi) is 11.9. The van der Waals surface area contributed by atoms with Crippen molar-refractivity contribution in [1.82, 2.24) is 0 Å². The first-order valence-electron chi connectivity index (χ1n) is 14.8. The molecule has 0 spiro atoms. The van der Waals surface area contributed by atoms with Crippen molar-refractivity contribution in [2.45, 2.75) is 98.0 Å². The summed E-state index contributed by atoms with van der Waals surface area (Å²) < 4.78 is 47.7. The summed E-state index contributed by atoms with van der Waals surface area (Å²) in [5, 5.41) is 8.92. The molecule has 0 amide bonds. The zero-order valence-corrected chi connectivity index (χ0v) is 24.7. The number of hydrogen-bond donors (Lipinski definition) is 1. The summed E-state index contributed by atoms with van der Waals surface area (Å²) in [6.45, 7) is 8.68. The van der Waals surface area contributed by atoms with E-state index in [0.29, 0.717) is 17.7 Å². The molecule has 5 rings (SSSR count). The minimum absolute atomic E-state index is 0.00348. The molecule has 3 aromatic carbocycles. The van der Waals surface area contributed by atoms with Crippen LogP contribution in [0.1, 0.15) is 107 Å². The van der Waals surface area contributed by atoms with Gasteiger partial charge in [0.2, 0.25) is 0 Å². The highest BCUT2D eigenvalue weighted by Gasteiger charge is 2.37. The second-order valence-electron chi connectivity index (χ2n) is 11.3. The van der Waals surface area contributed by atoms with Gasteiger partial charge in [-0.1, -0.05) is 89.8 Å². The molecule has 2 saturated carbocycles. The van der Waals surface area contributed by atoms with Crippen molar-refractivity contribution in [3.8, 4) is 16.9 Å². The maximum absolute atomic E-state index is 14.9. The number of aliphatic carboxylic acids is 1. The number of benzene rings is 3. The summed E-state index contributed by atoms with van der Waals surface area (Å²) >= 11 is 0. The van der Waals surface area contributed by atoms with Crippen LogP contribution in [0.2, 0.25) is 0 Å². The third-order valence-corrected chi connectivity index (χ3v) is 7.57. The molecule has 0 heterocycles. The van der Waals surface area contributed by atoms with Gasteiger partial charge in [-0.3, -0.25) is 4.79 Å². The zero-order chi connectivity index (χ0) is 30.0. The van der Waals surface area contributed by atoms with Gasteiger partial charge in [0.1, 0.15) is 18.2 Å². The average molecular weight is 569 g/mol. The van der Waals surface area contributed by atoms with E-state index in [9.17, 15) is 18.0 Å². The Balaban J connectivity index is 0.000000850.